The van der Waals surface area contributed by atoms with Gasteiger partial charge in [0.2, 0.25) is 0 Å². The van der Waals surface area contributed by atoms with Crippen molar-refractivity contribution in [3.8, 4) is 0 Å². The van der Waals surface area contributed by atoms with Crippen molar-refractivity contribution in [2.75, 3.05) is 26.4 Å². The van der Waals surface area contributed by atoms with Crippen LogP contribution >= 0.6 is 0 Å². The molecule has 2 aliphatic rings. The molecule has 3 unspecified atom stereocenters. The van der Waals surface area contributed by atoms with Crippen molar-refractivity contribution in [3.05, 3.63) is 0 Å². The highest BCUT2D eigenvalue weighted by Crippen LogP contribution is 2.24. The fraction of sp³-hybridized carbons (Fsp3) is 1.00. The molecule has 2 rings (SSSR count). The van der Waals surface area contributed by atoms with E-state index in [9.17, 15) is 0 Å². The fourth-order valence-corrected chi connectivity index (χ4v) is 2.23. The van der Waals surface area contributed by atoms with E-state index in [0.29, 0.717) is 19.1 Å². The smallest absolute Gasteiger partial charge is 0.158 e. The second kappa shape index (κ2) is 5.80. The van der Waals surface area contributed by atoms with Gasteiger partial charge in [0.15, 0.2) is 6.29 Å². The van der Waals surface area contributed by atoms with Crippen molar-refractivity contribution >= 4 is 0 Å². The first-order chi connectivity index (χ1) is 7.38. The molecule has 0 aromatic carbocycles. The van der Waals surface area contributed by atoms with Gasteiger partial charge in [-0.25, -0.2) is 0 Å². The van der Waals surface area contributed by atoms with Crippen LogP contribution < -0.4 is 5.73 Å². The van der Waals surface area contributed by atoms with E-state index in [1.165, 1.54) is 12.8 Å². The van der Waals surface area contributed by atoms with Gasteiger partial charge in [-0.2, -0.15) is 0 Å². The minimum Gasteiger partial charge on any atom is -0.381 e. The van der Waals surface area contributed by atoms with Gasteiger partial charge < -0.3 is 19.9 Å². The topological polar surface area (TPSA) is 53.7 Å². The highest BCUT2D eigenvalue weighted by Gasteiger charge is 2.28. The van der Waals surface area contributed by atoms with Gasteiger partial charge in [0.25, 0.3) is 0 Å². The molecule has 15 heavy (non-hydrogen) atoms. The summed E-state index contributed by atoms with van der Waals surface area (Å²) in [5.74, 6) is 0.611. The van der Waals surface area contributed by atoms with E-state index in [-0.39, 0.29) is 12.4 Å². The van der Waals surface area contributed by atoms with Crippen LogP contribution in [0.3, 0.4) is 0 Å². The van der Waals surface area contributed by atoms with E-state index in [4.69, 9.17) is 19.9 Å². The third-order valence-corrected chi connectivity index (χ3v) is 3.08. The molecular weight excluding hydrogens is 194 g/mol. The van der Waals surface area contributed by atoms with Gasteiger partial charge >= 0.3 is 0 Å². The molecule has 4 nitrogen and oxygen atoms in total. The standard InChI is InChI=1S/C11H21NO3/c12-4-3-10-8-14-11(15-10)6-9-2-1-5-13-7-9/h9-11H,1-8,12H2. The van der Waals surface area contributed by atoms with Gasteiger partial charge in [0, 0.05) is 19.6 Å². The molecule has 2 saturated heterocycles. The molecule has 3 atom stereocenters. The number of ether oxygens (including phenoxy) is 3. The van der Waals surface area contributed by atoms with E-state index in [0.717, 1.165) is 26.1 Å². The Morgan fingerprint density at radius 1 is 1.27 bits per heavy atom. The normalized spacial score (nSPS) is 37.0. The average molecular weight is 215 g/mol. The lowest BCUT2D eigenvalue weighted by Crippen LogP contribution is -2.23. The highest BCUT2D eigenvalue weighted by atomic mass is 16.7. The molecule has 4 heteroatoms. The lowest BCUT2D eigenvalue weighted by atomic mass is 9.98. The predicted molar refractivity (Wildman–Crippen MR) is 56.4 cm³/mol. The van der Waals surface area contributed by atoms with E-state index >= 15 is 0 Å². The third kappa shape index (κ3) is 3.41. The monoisotopic (exact) mass is 215 g/mol. The summed E-state index contributed by atoms with van der Waals surface area (Å²) in [5, 5.41) is 0. The summed E-state index contributed by atoms with van der Waals surface area (Å²) in [4.78, 5) is 0. The number of hydrogen-bond donors (Lipinski definition) is 1. The van der Waals surface area contributed by atoms with E-state index < -0.39 is 0 Å². The summed E-state index contributed by atoms with van der Waals surface area (Å²) in [6, 6.07) is 0. The lowest BCUT2D eigenvalue weighted by molar-refractivity contribution is -0.0845. The quantitative estimate of drug-likeness (QED) is 0.757. The fourth-order valence-electron chi connectivity index (χ4n) is 2.23. The highest BCUT2D eigenvalue weighted by molar-refractivity contribution is 4.71. The van der Waals surface area contributed by atoms with Crippen LogP contribution in [-0.2, 0) is 14.2 Å². The molecule has 2 fully saturated rings. The lowest BCUT2D eigenvalue weighted by Gasteiger charge is -2.24. The van der Waals surface area contributed by atoms with Crippen molar-refractivity contribution in [1.82, 2.24) is 0 Å². The second-order valence-electron chi connectivity index (χ2n) is 4.42. The van der Waals surface area contributed by atoms with E-state index in [1.807, 2.05) is 0 Å². The predicted octanol–water partition coefficient (Wildman–Crippen LogP) is 0.893. The summed E-state index contributed by atoms with van der Waals surface area (Å²) in [5.41, 5.74) is 5.48. The first-order valence-electron chi connectivity index (χ1n) is 5.93. The zero-order valence-electron chi connectivity index (χ0n) is 9.19. The molecule has 2 heterocycles. The Labute approximate surface area is 91.1 Å². The van der Waals surface area contributed by atoms with Gasteiger partial charge in [-0.1, -0.05) is 0 Å². The van der Waals surface area contributed by atoms with Crippen LogP contribution in [0.4, 0.5) is 0 Å². The van der Waals surface area contributed by atoms with Crippen LogP contribution in [0.5, 0.6) is 0 Å². The Balaban J connectivity index is 1.67. The van der Waals surface area contributed by atoms with Crippen molar-refractivity contribution in [2.24, 2.45) is 11.7 Å². The first-order valence-corrected chi connectivity index (χ1v) is 5.93. The Kier molecular flexibility index (Phi) is 4.38. The maximum Gasteiger partial charge on any atom is 0.158 e. The van der Waals surface area contributed by atoms with Crippen LogP contribution in [0.1, 0.15) is 25.7 Å². The summed E-state index contributed by atoms with van der Waals surface area (Å²) < 4.78 is 16.8. The molecule has 0 aromatic rings. The Bertz CT molecular complexity index is 183. The van der Waals surface area contributed by atoms with Crippen molar-refractivity contribution in [1.29, 1.82) is 0 Å². The van der Waals surface area contributed by atoms with Crippen LogP contribution in [-0.4, -0.2) is 38.8 Å². The molecule has 0 bridgehead atoms. The van der Waals surface area contributed by atoms with Crippen molar-refractivity contribution < 1.29 is 14.2 Å². The van der Waals surface area contributed by atoms with Crippen LogP contribution in [0.2, 0.25) is 0 Å². The summed E-state index contributed by atoms with van der Waals surface area (Å²) in [7, 11) is 0. The Morgan fingerprint density at radius 2 is 2.20 bits per heavy atom. The van der Waals surface area contributed by atoms with Gasteiger partial charge in [-0.15, -0.1) is 0 Å². The number of nitrogens with two attached hydrogens (primary N) is 1. The zero-order valence-corrected chi connectivity index (χ0v) is 9.19. The van der Waals surface area contributed by atoms with Crippen molar-refractivity contribution in [3.63, 3.8) is 0 Å². The number of hydrogen-bond acceptors (Lipinski definition) is 4. The second-order valence-corrected chi connectivity index (χ2v) is 4.42. The molecule has 2 aliphatic heterocycles. The number of rotatable bonds is 4. The zero-order chi connectivity index (χ0) is 10.5. The molecule has 0 saturated carbocycles. The summed E-state index contributed by atoms with van der Waals surface area (Å²) >= 11 is 0. The van der Waals surface area contributed by atoms with Gasteiger partial charge in [0.05, 0.1) is 12.7 Å². The SMILES string of the molecule is NCCC1COC(CC2CCCOC2)O1. The minimum atomic E-state index is -0.0201. The van der Waals surface area contributed by atoms with Gasteiger partial charge in [0.1, 0.15) is 0 Å². The maximum absolute atomic E-state index is 5.75. The largest absolute Gasteiger partial charge is 0.381 e. The Hall–Kier alpha value is -0.160. The van der Waals surface area contributed by atoms with Gasteiger partial charge in [-0.3, -0.25) is 0 Å². The molecule has 0 aromatic heterocycles. The third-order valence-electron chi connectivity index (χ3n) is 3.08. The van der Waals surface area contributed by atoms with Crippen LogP contribution in [0, 0.1) is 5.92 Å². The molecule has 0 spiro atoms. The molecule has 2 N–H and O–H groups in total. The maximum atomic E-state index is 5.75. The first kappa shape index (κ1) is 11.3. The molecular formula is C11H21NO3. The molecule has 0 radical (unpaired) electrons. The summed E-state index contributed by atoms with van der Waals surface area (Å²) in [6.07, 6.45) is 4.48. The molecule has 0 aliphatic carbocycles. The Morgan fingerprint density at radius 3 is 2.93 bits per heavy atom. The van der Waals surface area contributed by atoms with Crippen molar-refractivity contribution in [2.45, 2.75) is 38.1 Å². The average Bonchev–Trinajstić information content (AvgIpc) is 2.68. The summed E-state index contributed by atoms with van der Waals surface area (Å²) in [6.45, 7) is 3.16. The molecule has 0 amide bonds. The van der Waals surface area contributed by atoms with E-state index in [2.05, 4.69) is 0 Å². The van der Waals surface area contributed by atoms with Gasteiger partial charge in [-0.05, 0) is 31.7 Å². The van der Waals surface area contributed by atoms with Crippen LogP contribution in [0.25, 0.3) is 0 Å². The van der Waals surface area contributed by atoms with E-state index in [1.54, 1.807) is 0 Å². The van der Waals surface area contributed by atoms with Crippen LogP contribution in [0.15, 0.2) is 0 Å². The minimum absolute atomic E-state index is 0.0201. The molecule has 88 valence electrons.